The molecule has 0 spiro atoms. The molecule has 35 heavy (non-hydrogen) atoms. The van der Waals surface area contributed by atoms with Gasteiger partial charge in [0.25, 0.3) is 0 Å². The molecule has 1 saturated heterocycles. The third-order valence-corrected chi connectivity index (χ3v) is 6.50. The van der Waals surface area contributed by atoms with E-state index in [0.29, 0.717) is 18.1 Å². The molecule has 3 aliphatic heterocycles. The fourth-order valence-corrected chi connectivity index (χ4v) is 4.81. The molecule has 1 fully saturated rings. The van der Waals surface area contributed by atoms with Gasteiger partial charge in [-0.15, -0.1) is 0 Å². The molecular weight excluding hydrogens is 444 g/mol. The van der Waals surface area contributed by atoms with Crippen molar-refractivity contribution >= 4 is 10.8 Å². The zero-order valence-corrected chi connectivity index (χ0v) is 19.1. The number of pyridine rings is 1. The van der Waals surface area contributed by atoms with Crippen molar-refractivity contribution in [1.29, 1.82) is 0 Å². The van der Waals surface area contributed by atoms with Crippen molar-refractivity contribution in [2.75, 3.05) is 13.1 Å². The number of ether oxygens (including phenoxy) is 2. The number of hydrogen-bond donors (Lipinski definition) is 2. The van der Waals surface area contributed by atoms with E-state index in [1.54, 1.807) is 6.26 Å². The highest BCUT2D eigenvalue weighted by Gasteiger charge is 2.33. The Hall–Kier alpha value is -3.95. The first-order valence-electron chi connectivity index (χ1n) is 11.8. The molecule has 3 aromatic rings. The number of fused-ring (bicyclic) bond motifs is 1. The molecule has 2 unspecified atom stereocenters. The molecular formula is C26H26N6O3. The van der Waals surface area contributed by atoms with Gasteiger partial charge in [0, 0.05) is 24.7 Å². The first-order chi connectivity index (χ1) is 17.2. The first kappa shape index (κ1) is 21.6. The Bertz CT molecular complexity index is 1390. The molecule has 9 heteroatoms. The zero-order valence-electron chi connectivity index (χ0n) is 19.1. The summed E-state index contributed by atoms with van der Waals surface area (Å²) in [4.78, 5) is 23.6. The lowest BCUT2D eigenvalue weighted by molar-refractivity contribution is -0.0122. The van der Waals surface area contributed by atoms with Crippen molar-refractivity contribution in [3.05, 3.63) is 95.4 Å². The van der Waals surface area contributed by atoms with Crippen molar-refractivity contribution in [3.8, 4) is 11.5 Å². The van der Waals surface area contributed by atoms with Gasteiger partial charge in [-0.3, -0.25) is 9.88 Å². The van der Waals surface area contributed by atoms with E-state index in [2.05, 4.69) is 49.4 Å². The maximum atomic E-state index is 11.5. The van der Waals surface area contributed by atoms with E-state index >= 15 is 0 Å². The van der Waals surface area contributed by atoms with E-state index in [9.17, 15) is 4.79 Å². The van der Waals surface area contributed by atoms with Crippen LogP contribution in [0.15, 0.2) is 84.0 Å². The lowest BCUT2D eigenvalue weighted by Gasteiger charge is -2.40. The van der Waals surface area contributed by atoms with E-state index in [-0.39, 0.29) is 24.2 Å². The van der Waals surface area contributed by atoms with Gasteiger partial charge >= 0.3 is 5.69 Å². The predicted octanol–water partition coefficient (Wildman–Crippen LogP) is 3.04. The van der Waals surface area contributed by atoms with Gasteiger partial charge in [-0.05, 0) is 42.2 Å². The number of allylic oxidation sites excluding steroid dienone is 4. The number of nitrogens with zero attached hydrogens (tertiary/aromatic N) is 4. The van der Waals surface area contributed by atoms with Gasteiger partial charge in [0.15, 0.2) is 12.1 Å². The second kappa shape index (κ2) is 9.36. The standard InChI is InChI=1S/C26H26N6O3/c33-26-28-25(29-30-26)21-15-18-7-1-2-8-20(18)22(27-21)17-35-19-11-13-31(16-19)23-9-3-5-12-32(23)24-10-4-6-14-34-24/h1-10,12,14-15,19,23-24H,11,13,16-17H2,(H2,28,29,30,33)/t19-,23?,24?/m0/s1. The van der Waals surface area contributed by atoms with Crippen molar-refractivity contribution in [1.82, 2.24) is 30.0 Å². The van der Waals surface area contributed by atoms with E-state index in [1.165, 1.54) is 0 Å². The molecule has 2 aromatic heterocycles. The molecule has 2 N–H and O–H groups in total. The van der Waals surface area contributed by atoms with Gasteiger partial charge in [-0.1, -0.05) is 36.4 Å². The summed E-state index contributed by atoms with van der Waals surface area (Å²) in [6.07, 6.45) is 17.1. The minimum absolute atomic E-state index is 0.0910. The highest BCUT2D eigenvalue weighted by Crippen LogP contribution is 2.27. The summed E-state index contributed by atoms with van der Waals surface area (Å²) in [7, 11) is 0. The van der Waals surface area contributed by atoms with E-state index in [0.717, 1.165) is 36.0 Å². The quantitative estimate of drug-likeness (QED) is 0.571. The largest absolute Gasteiger partial charge is 0.474 e. The number of rotatable bonds is 6. The van der Waals surface area contributed by atoms with Crippen LogP contribution in [-0.4, -0.2) is 61.6 Å². The summed E-state index contributed by atoms with van der Waals surface area (Å²) in [5.41, 5.74) is 1.08. The van der Waals surface area contributed by atoms with Crippen LogP contribution in [0.2, 0.25) is 0 Å². The molecule has 0 aliphatic carbocycles. The van der Waals surface area contributed by atoms with Crippen LogP contribution in [0.5, 0.6) is 0 Å². The number of aromatic nitrogens is 4. The minimum Gasteiger partial charge on any atom is -0.474 e. The Kier molecular flexibility index (Phi) is 5.77. The van der Waals surface area contributed by atoms with Gasteiger partial charge in [0.1, 0.15) is 11.9 Å². The van der Waals surface area contributed by atoms with Crippen LogP contribution in [0.3, 0.4) is 0 Å². The second-order valence-electron chi connectivity index (χ2n) is 8.75. The van der Waals surface area contributed by atoms with Gasteiger partial charge in [0.2, 0.25) is 0 Å². The summed E-state index contributed by atoms with van der Waals surface area (Å²) < 4.78 is 12.2. The highest BCUT2D eigenvalue weighted by atomic mass is 16.5. The fraction of sp³-hybridized carbons (Fsp3) is 0.269. The lowest BCUT2D eigenvalue weighted by Crippen LogP contribution is -2.49. The van der Waals surface area contributed by atoms with Crippen LogP contribution < -0.4 is 5.69 Å². The molecule has 3 atom stereocenters. The number of H-pyrrole nitrogens is 2. The average molecular weight is 471 g/mol. The molecule has 3 aliphatic rings. The molecule has 0 amide bonds. The van der Waals surface area contributed by atoms with Crippen LogP contribution in [0.4, 0.5) is 0 Å². The van der Waals surface area contributed by atoms with Gasteiger partial charge in [-0.25, -0.2) is 14.9 Å². The smallest absolute Gasteiger partial charge is 0.340 e. The number of aromatic amines is 2. The number of nitrogens with one attached hydrogen (secondary N) is 2. The Morgan fingerprint density at radius 3 is 2.91 bits per heavy atom. The summed E-state index contributed by atoms with van der Waals surface area (Å²) in [6, 6.07) is 9.98. The summed E-state index contributed by atoms with van der Waals surface area (Å²) in [6.45, 7) is 2.12. The van der Waals surface area contributed by atoms with E-state index < -0.39 is 0 Å². The van der Waals surface area contributed by atoms with Gasteiger partial charge < -0.3 is 14.4 Å². The second-order valence-corrected chi connectivity index (χ2v) is 8.75. The predicted molar refractivity (Wildman–Crippen MR) is 132 cm³/mol. The van der Waals surface area contributed by atoms with Crippen LogP contribution in [0.25, 0.3) is 22.3 Å². The monoisotopic (exact) mass is 470 g/mol. The molecule has 6 rings (SSSR count). The van der Waals surface area contributed by atoms with E-state index in [1.807, 2.05) is 48.6 Å². The zero-order chi connectivity index (χ0) is 23.6. The molecule has 5 heterocycles. The summed E-state index contributed by atoms with van der Waals surface area (Å²) in [5.74, 6) is 0.417. The maximum absolute atomic E-state index is 11.5. The topological polar surface area (TPSA) is 99.4 Å². The molecule has 0 bridgehead atoms. The summed E-state index contributed by atoms with van der Waals surface area (Å²) >= 11 is 0. The van der Waals surface area contributed by atoms with Crippen molar-refractivity contribution in [2.24, 2.45) is 0 Å². The minimum atomic E-state index is -0.357. The SMILES string of the molecule is O=c1[nH]nc(-c2cc3ccccc3c(CO[C@H]3CCN(C4C=CC=CN4C4C=CC=CO4)C3)n2)[nH]1. The number of likely N-dealkylation sites (tertiary alicyclic amines) is 1. The Labute approximate surface area is 202 Å². The third kappa shape index (κ3) is 4.43. The molecule has 1 aromatic carbocycles. The van der Waals surface area contributed by atoms with E-state index in [4.69, 9.17) is 14.5 Å². The Morgan fingerprint density at radius 1 is 1.14 bits per heavy atom. The third-order valence-electron chi connectivity index (χ3n) is 6.50. The van der Waals surface area contributed by atoms with Crippen molar-refractivity contribution in [2.45, 2.75) is 31.5 Å². The van der Waals surface area contributed by atoms with Crippen LogP contribution in [0, 0.1) is 0 Å². The van der Waals surface area contributed by atoms with Crippen LogP contribution >= 0.6 is 0 Å². The molecule has 0 radical (unpaired) electrons. The number of benzene rings is 1. The molecule has 178 valence electrons. The molecule has 0 saturated carbocycles. The maximum Gasteiger partial charge on any atom is 0.340 e. The molecule has 9 nitrogen and oxygen atoms in total. The first-order valence-corrected chi connectivity index (χ1v) is 11.8. The number of hydrogen-bond acceptors (Lipinski definition) is 7. The lowest BCUT2D eigenvalue weighted by atomic mass is 10.1. The Balaban J connectivity index is 1.17. The van der Waals surface area contributed by atoms with Gasteiger partial charge in [-0.2, -0.15) is 5.10 Å². The van der Waals surface area contributed by atoms with Crippen LogP contribution in [-0.2, 0) is 16.1 Å². The van der Waals surface area contributed by atoms with Crippen molar-refractivity contribution in [3.63, 3.8) is 0 Å². The fourth-order valence-electron chi connectivity index (χ4n) is 4.81. The normalized spacial score (nSPS) is 23.9. The Morgan fingerprint density at radius 2 is 2.06 bits per heavy atom. The average Bonchev–Trinajstić information content (AvgIpc) is 3.57. The van der Waals surface area contributed by atoms with Crippen LogP contribution in [0.1, 0.15) is 12.1 Å². The highest BCUT2D eigenvalue weighted by molar-refractivity contribution is 5.87. The summed E-state index contributed by atoms with van der Waals surface area (Å²) in [5, 5.41) is 8.50. The van der Waals surface area contributed by atoms with Crippen molar-refractivity contribution < 1.29 is 9.47 Å². The van der Waals surface area contributed by atoms with Gasteiger partial charge in [0.05, 0.1) is 24.7 Å².